The molecule has 23 heavy (non-hydrogen) atoms. The summed E-state index contributed by atoms with van der Waals surface area (Å²) in [5, 5.41) is 3.51. The highest BCUT2D eigenvalue weighted by Crippen LogP contribution is 2.26. The number of halogens is 3. The smallest absolute Gasteiger partial charge is 0.276 e. The third-order valence-electron chi connectivity index (χ3n) is 3.61. The van der Waals surface area contributed by atoms with Crippen molar-refractivity contribution >= 4 is 15.7 Å². The second kappa shape index (κ2) is 5.55. The Kier molecular flexibility index (Phi) is 3.83. The average molecular weight is 345 g/mol. The highest BCUT2D eigenvalue weighted by atomic mass is 32.2. The van der Waals surface area contributed by atoms with E-state index in [-0.39, 0.29) is 10.6 Å². The number of hydrogen-bond donors (Lipinski definition) is 1. The molecule has 5 nitrogen and oxygen atoms in total. The Morgan fingerprint density at radius 2 is 1.96 bits per heavy atom. The number of aryl methyl sites for hydroxylation is 2. The number of nitrogens with one attached hydrogen (secondary N) is 1. The second-order valence-corrected chi connectivity index (χ2v) is 7.11. The van der Waals surface area contributed by atoms with Crippen LogP contribution < -0.4 is 4.72 Å². The first kappa shape index (κ1) is 15.9. The van der Waals surface area contributed by atoms with Crippen molar-refractivity contribution in [2.24, 2.45) is 0 Å². The van der Waals surface area contributed by atoms with Gasteiger partial charge in [0, 0.05) is 6.20 Å². The van der Waals surface area contributed by atoms with Crippen molar-refractivity contribution in [2.75, 3.05) is 4.72 Å². The zero-order valence-corrected chi connectivity index (χ0v) is 12.8. The number of aromatic nitrogens is 2. The van der Waals surface area contributed by atoms with Crippen LogP contribution in [0.4, 0.5) is 18.9 Å². The average Bonchev–Trinajstić information content (AvgIpc) is 3.04. The van der Waals surface area contributed by atoms with Gasteiger partial charge in [0.15, 0.2) is 0 Å². The Hall–Kier alpha value is -2.03. The fraction of sp³-hybridized carbons (Fsp3) is 0.357. The molecule has 124 valence electrons. The van der Waals surface area contributed by atoms with Gasteiger partial charge in [0.1, 0.15) is 6.54 Å². The summed E-state index contributed by atoms with van der Waals surface area (Å²) in [6.45, 7) is -1.27. The zero-order valence-electron chi connectivity index (χ0n) is 12.0. The minimum absolute atomic E-state index is 0.00486. The molecule has 1 aliphatic carbocycles. The largest absolute Gasteiger partial charge is 0.408 e. The molecule has 0 bridgehead atoms. The van der Waals surface area contributed by atoms with Crippen LogP contribution in [0.5, 0.6) is 0 Å². The van der Waals surface area contributed by atoms with E-state index in [2.05, 4.69) is 9.82 Å². The van der Waals surface area contributed by atoms with Gasteiger partial charge in [-0.25, -0.2) is 8.42 Å². The van der Waals surface area contributed by atoms with Crippen LogP contribution in [-0.2, 0) is 29.4 Å². The summed E-state index contributed by atoms with van der Waals surface area (Å²) in [6.07, 6.45) is 0.420. The van der Waals surface area contributed by atoms with Gasteiger partial charge in [-0.05, 0) is 42.5 Å². The Balaban J connectivity index is 1.79. The molecule has 9 heteroatoms. The lowest BCUT2D eigenvalue weighted by Crippen LogP contribution is -2.18. The predicted octanol–water partition coefficient (Wildman–Crippen LogP) is 2.73. The van der Waals surface area contributed by atoms with Crippen molar-refractivity contribution in [3.05, 3.63) is 41.7 Å². The topological polar surface area (TPSA) is 64.0 Å². The standard InChI is InChI=1S/C14H14F3N3O2S/c15-14(16,17)9-20-8-12(7-18-20)19-23(21,22)13-5-4-10-2-1-3-11(10)6-13/h4-8,19H,1-3,9H2. The molecule has 2 aromatic rings. The first-order valence-corrected chi connectivity index (χ1v) is 8.45. The molecule has 3 rings (SSSR count). The van der Waals surface area contributed by atoms with Gasteiger partial charge in [0.2, 0.25) is 0 Å². The minimum Gasteiger partial charge on any atom is -0.276 e. The van der Waals surface area contributed by atoms with Crippen LogP contribution >= 0.6 is 0 Å². The number of fused-ring (bicyclic) bond motifs is 1. The minimum atomic E-state index is -4.41. The molecule has 0 unspecified atom stereocenters. The summed E-state index contributed by atoms with van der Waals surface area (Å²) < 4.78 is 64.4. The SMILES string of the molecule is O=S(=O)(Nc1cnn(CC(F)(F)F)c1)c1ccc2c(c1)CCC2. The summed E-state index contributed by atoms with van der Waals surface area (Å²) in [5.41, 5.74) is 2.14. The highest BCUT2D eigenvalue weighted by Gasteiger charge is 2.28. The molecular formula is C14H14F3N3O2S. The number of anilines is 1. The Morgan fingerprint density at radius 1 is 1.22 bits per heavy atom. The summed E-state index contributed by atoms with van der Waals surface area (Å²) in [4.78, 5) is 0.0988. The van der Waals surface area contributed by atoms with E-state index >= 15 is 0 Å². The maximum absolute atomic E-state index is 12.3. The van der Waals surface area contributed by atoms with Gasteiger partial charge in [-0.3, -0.25) is 9.40 Å². The maximum Gasteiger partial charge on any atom is 0.408 e. The summed E-state index contributed by atoms with van der Waals surface area (Å²) in [6, 6.07) is 4.90. The van der Waals surface area contributed by atoms with Gasteiger partial charge in [-0.1, -0.05) is 6.07 Å². The van der Waals surface area contributed by atoms with Crippen molar-refractivity contribution in [3.8, 4) is 0 Å². The van der Waals surface area contributed by atoms with Crippen molar-refractivity contribution in [2.45, 2.75) is 36.9 Å². The lowest BCUT2D eigenvalue weighted by atomic mass is 10.1. The lowest BCUT2D eigenvalue weighted by molar-refractivity contribution is -0.142. The quantitative estimate of drug-likeness (QED) is 0.927. The first-order valence-electron chi connectivity index (χ1n) is 6.97. The zero-order chi connectivity index (χ0) is 16.7. The number of hydrogen-bond acceptors (Lipinski definition) is 3. The van der Waals surface area contributed by atoms with Crippen molar-refractivity contribution in [1.82, 2.24) is 9.78 Å². The second-order valence-electron chi connectivity index (χ2n) is 5.43. The Labute approximate surface area is 131 Å². The van der Waals surface area contributed by atoms with E-state index < -0.39 is 22.7 Å². The third-order valence-corrected chi connectivity index (χ3v) is 4.99. The number of sulfonamides is 1. The molecule has 0 spiro atoms. The van der Waals surface area contributed by atoms with Crippen LogP contribution in [-0.4, -0.2) is 24.4 Å². The summed E-state index contributed by atoms with van der Waals surface area (Å²) in [7, 11) is -3.85. The summed E-state index contributed by atoms with van der Waals surface area (Å²) in [5.74, 6) is 0. The highest BCUT2D eigenvalue weighted by molar-refractivity contribution is 7.92. The number of alkyl halides is 3. The van der Waals surface area contributed by atoms with Crippen molar-refractivity contribution in [3.63, 3.8) is 0 Å². The fourth-order valence-corrected chi connectivity index (χ4v) is 3.69. The molecule has 0 fully saturated rings. The van der Waals surface area contributed by atoms with Crippen LogP contribution in [0.15, 0.2) is 35.5 Å². The van der Waals surface area contributed by atoms with Gasteiger partial charge < -0.3 is 0 Å². The summed E-state index contributed by atoms with van der Waals surface area (Å²) >= 11 is 0. The molecule has 1 heterocycles. The van der Waals surface area contributed by atoms with Crippen LogP contribution in [0.2, 0.25) is 0 Å². The van der Waals surface area contributed by atoms with E-state index in [0.29, 0.717) is 4.68 Å². The van der Waals surface area contributed by atoms with E-state index in [9.17, 15) is 21.6 Å². The molecule has 0 saturated carbocycles. The van der Waals surface area contributed by atoms with Gasteiger partial charge in [0.05, 0.1) is 16.8 Å². The van der Waals surface area contributed by atoms with Crippen LogP contribution in [0.1, 0.15) is 17.5 Å². The van der Waals surface area contributed by atoms with E-state index in [1.54, 1.807) is 12.1 Å². The molecule has 0 aliphatic heterocycles. The van der Waals surface area contributed by atoms with E-state index in [0.717, 1.165) is 42.8 Å². The Morgan fingerprint density at radius 3 is 2.70 bits per heavy atom. The molecule has 1 aromatic heterocycles. The van der Waals surface area contributed by atoms with E-state index in [1.807, 2.05) is 0 Å². The number of rotatable bonds is 4. The monoisotopic (exact) mass is 345 g/mol. The van der Waals surface area contributed by atoms with Crippen molar-refractivity contribution < 1.29 is 21.6 Å². The van der Waals surface area contributed by atoms with Crippen molar-refractivity contribution in [1.29, 1.82) is 0 Å². The number of benzene rings is 1. The molecule has 0 atom stereocenters. The number of nitrogens with zero attached hydrogens (tertiary/aromatic N) is 2. The fourth-order valence-electron chi connectivity index (χ4n) is 2.62. The van der Waals surface area contributed by atoms with Crippen LogP contribution in [0, 0.1) is 0 Å². The molecule has 1 N–H and O–H groups in total. The van der Waals surface area contributed by atoms with Gasteiger partial charge in [-0.2, -0.15) is 18.3 Å². The van der Waals surface area contributed by atoms with Crippen LogP contribution in [0.25, 0.3) is 0 Å². The van der Waals surface area contributed by atoms with Gasteiger partial charge >= 0.3 is 6.18 Å². The molecule has 1 aromatic carbocycles. The molecule has 0 radical (unpaired) electrons. The third kappa shape index (κ3) is 3.66. The van der Waals surface area contributed by atoms with E-state index in [1.165, 1.54) is 6.07 Å². The Bertz CT molecular complexity index is 828. The van der Waals surface area contributed by atoms with Gasteiger partial charge in [0.25, 0.3) is 10.0 Å². The van der Waals surface area contributed by atoms with Crippen LogP contribution in [0.3, 0.4) is 0 Å². The molecule has 1 aliphatic rings. The molecular weight excluding hydrogens is 331 g/mol. The molecule has 0 saturated heterocycles. The van der Waals surface area contributed by atoms with Gasteiger partial charge in [-0.15, -0.1) is 0 Å². The predicted molar refractivity (Wildman–Crippen MR) is 77.6 cm³/mol. The lowest BCUT2D eigenvalue weighted by Gasteiger charge is -2.08. The maximum atomic E-state index is 12.3. The normalized spacial score (nSPS) is 14.7. The molecule has 0 amide bonds. The van der Waals surface area contributed by atoms with E-state index in [4.69, 9.17) is 0 Å². The first-order chi connectivity index (χ1) is 10.7.